The molecule has 0 aromatic heterocycles. The van der Waals surface area contributed by atoms with E-state index < -0.39 is 6.10 Å². The number of aliphatic hydroxyl groups excluding tert-OH is 1. The predicted molar refractivity (Wildman–Crippen MR) is 54.9 cm³/mol. The molecule has 0 aromatic rings. The SMILES string of the molecule is CC(O)CNC(=O)CNC1CCCC1. The minimum absolute atomic E-state index is 0.0298. The van der Waals surface area contributed by atoms with Gasteiger partial charge in [-0.05, 0) is 19.8 Å². The Bertz CT molecular complexity index is 177. The lowest BCUT2D eigenvalue weighted by atomic mass is 10.2. The highest BCUT2D eigenvalue weighted by atomic mass is 16.3. The summed E-state index contributed by atoms with van der Waals surface area (Å²) in [5.74, 6) is -0.0298. The van der Waals surface area contributed by atoms with Crippen LogP contribution < -0.4 is 10.6 Å². The zero-order valence-electron chi connectivity index (χ0n) is 8.75. The first kappa shape index (κ1) is 11.5. The number of nitrogens with one attached hydrogen (secondary N) is 2. The molecule has 0 aliphatic heterocycles. The number of amides is 1. The summed E-state index contributed by atoms with van der Waals surface area (Å²) in [6, 6.07) is 0.521. The molecule has 1 rings (SSSR count). The van der Waals surface area contributed by atoms with Gasteiger partial charge >= 0.3 is 0 Å². The summed E-state index contributed by atoms with van der Waals surface area (Å²) in [4.78, 5) is 11.2. The van der Waals surface area contributed by atoms with Crippen molar-refractivity contribution in [2.75, 3.05) is 13.1 Å². The van der Waals surface area contributed by atoms with Crippen LogP contribution in [-0.2, 0) is 4.79 Å². The third-order valence-corrected chi connectivity index (χ3v) is 2.50. The summed E-state index contributed by atoms with van der Waals surface area (Å²) >= 11 is 0. The third-order valence-electron chi connectivity index (χ3n) is 2.50. The molecule has 0 aromatic carbocycles. The van der Waals surface area contributed by atoms with Crippen LogP contribution in [0.5, 0.6) is 0 Å². The minimum atomic E-state index is -0.467. The van der Waals surface area contributed by atoms with Crippen molar-refractivity contribution >= 4 is 5.91 Å². The Morgan fingerprint density at radius 2 is 2.14 bits per heavy atom. The zero-order chi connectivity index (χ0) is 10.4. The minimum Gasteiger partial charge on any atom is -0.392 e. The first-order valence-corrected chi connectivity index (χ1v) is 5.36. The van der Waals surface area contributed by atoms with Crippen LogP contribution in [0.1, 0.15) is 32.6 Å². The van der Waals surface area contributed by atoms with Crippen molar-refractivity contribution in [3.63, 3.8) is 0 Å². The van der Waals surface area contributed by atoms with Gasteiger partial charge in [0.15, 0.2) is 0 Å². The molecule has 0 spiro atoms. The summed E-state index contributed by atoms with van der Waals surface area (Å²) in [6.45, 7) is 2.37. The maximum absolute atomic E-state index is 11.2. The van der Waals surface area contributed by atoms with Gasteiger partial charge < -0.3 is 15.7 Å². The molecule has 0 radical (unpaired) electrons. The third kappa shape index (κ3) is 4.58. The van der Waals surface area contributed by atoms with E-state index in [-0.39, 0.29) is 5.91 Å². The van der Waals surface area contributed by atoms with Crippen molar-refractivity contribution in [1.29, 1.82) is 0 Å². The fourth-order valence-electron chi connectivity index (χ4n) is 1.69. The highest BCUT2D eigenvalue weighted by Crippen LogP contribution is 2.16. The van der Waals surface area contributed by atoms with Crippen molar-refractivity contribution in [1.82, 2.24) is 10.6 Å². The van der Waals surface area contributed by atoms with Gasteiger partial charge in [0.2, 0.25) is 5.91 Å². The normalized spacial score (nSPS) is 19.6. The topological polar surface area (TPSA) is 61.4 Å². The van der Waals surface area contributed by atoms with Crippen LogP contribution in [0.3, 0.4) is 0 Å². The summed E-state index contributed by atoms with van der Waals surface area (Å²) in [5, 5.41) is 14.8. The van der Waals surface area contributed by atoms with Crippen LogP contribution in [-0.4, -0.2) is 36.2 Å². The Kier molecular flexibility index (Phi) is 4.90. The molecule has 14 heavy (non-hydrogen) atoms. The van der Waals surface area contributed by atoms with Gasteiger partial charge in [0, 0.05) is 12.6 Å². The average Bonchev–Trinajstić information content (AvgIpc) is 2.63. The highest BCUT2D eigenvalue weighted by Gasteiger charge is 2.14. The molecule has 0 bridgehead atoms. The van der Waals surface area contributed by atoms with Crippen LogP contribution in [0.4, 0.5) is 0 Å². The maximum atomic E-state index is 11.2. The Morgan fingerprint density at radius 3 is 2.71 bits per heavy atom. The number of hydrogen-bond acceptors (Lipinski definition) is 3. The monoisotopic (exact) mass is 200 g/mol. The standard InChI is InChI=1S/C10H20N2O2/c1-8(13)6-12-10(14)7-11-9-4-2-3-5-9/h8-9,11,13H,2-7H2,1H3,(H,12,14). The second kappa shape index (κ2) is 5.98. The first-order chi connectivity index (χ1) is 6.68. The first-order valence-electron chi connectivity index (χ1n) is 5.36. The predicted octanol–water partition coefficient (Wildman–Crippen LogP) is 0.0156. The molecule has 1 aliphatic rings. The van der Waals surface area contributed by atoms with Crippen molar-refractivity contribution in [3.05, 3.63) is 0 Å². The molecule has 4 nitrogen and oxygen atoms in total. The van der Waals surface area contributed by atoms with Gasteiger partial charge in [0.05, 0.1) is 12.6 Å². The van der Waals surface area contributed by atoms with Gasteiger partial charge in [-0.2, -0.15) is 0 Å². The second-order valence-electron chi connectivity index (χ2n) is 4.02. The van der Waals surface area contributed by atoms with Crippen LogP contribution in [0, 0.1) is 0 Å². The molecule has 0 saturated heterocycles. The molecule has 4 heteroatoms. The van der Waals surface area contributed by atoms with Crippen LogP contribution in [0.25, 0.3) is 0 Å². The van der Waals surface area contributed by atoms with E-state index in [0.29, 0.717) is 19.1 Å². The lowest BCUT2D eigenvalue weighted by Crippen LogP contribution is -2.40. The summed E-state index contributed by atoms with van der Waals surface area (Å²) in [6.07, 6.45) is 4.44. The fourth-order valence-corrected chi connectivity index (χ4v) is 1.69. The molecule has 1 saturated carbocycles. The number of hydrogen-bond donors (Lipinski definition) is 3. The van der Waals surface area contributed by atoms with Crippen LogP contribution in [0.15, 0.2) is 0 Å². The molecule has 1 unspecified atom stereocenters. The molecule has 82 valence electrons. The van der Waals surface area contributed by atoms with Crippen LogP contribution in [0.2, 0.25) is 0 Å². The molecule has 1 atom stereocenters. The van der Waals surface area contributed by atoms with Gasteiger partial charge in [0.25, 0.3) is 0 Å². The number of carbonyl (C=O) groups excluding carboxylic acids is 1. The Labute approximate surface area is 85.1 Å². The highest BCUT2D eigenvalue weighted by molar-refractivity contribution is 5.78. The molecule has 1 amide bonds. The Hall–Kier alpha value is -0.610. The number of rotatable bonds is 5. The van der Waals surface area contributed by atoms with Crippen LogP contribution >= 0.6 is 0 Å². The maximum Gasteiger partial charge on any atom is 0.234 e. The lowest BCUT2D eigenvalue weighted by molar-refractivity contribution is -0.120. The van der Waals surface area contributed by atoms with E-state index in [1.165, 1.54) is 25.7 Å². The summed E-state index contributed by atoms with van der Waals surface area (Å²) < 4.78 is 0. The second-order valence-corrected chi connectivity index (χ2v) is 4.02. The van der Waals surface area contributed by atoms with E-state index >= 15 is 0 Å². The molecule has 3 N–H and O–H groups in total. The van der Waals surface area contributed by atoms with Crippen molar-refractivity contribution in [3.8, 4) is 0 Å². The van der Waals surface area contributed by atoms with E-state index in [2.05, 4.69) is 10.6 Å². The Balaban J connectivity index is 2.02. The average molecular weight is 200 g/mol. The lowest BCUT2D eigenvalue weighted by Gasteiger charge is -2.12. The van der Waals surface area contributed by atoms with E-state index in [1.54, 1.807) is 6.92 Å². The van der Waals surface area contributed by atoms with Gasteiger partial charge in [-0.15, -0.1) is 0 Å². The molecule has 1 fully saturated rings. The Morgan fingerprint density at radius 1 is 1.50 bits per heavy atom. The quantitative estimate of drug-likeness (QED) is 0.586. The van der Waals surface area contributed by atoms with Gasteiger partial charge in [0.1, 0.15) is 0 Å². The largest absolute Gasteiger partial charge is 0.392 e. The summed E-state index contributed by atoms with van der Waals surface area (Å²) in [7, 11) is 0. The van der Waals surface area contributed by atoms with Gasteiger partial charge in [-0.25, -0.2) is 0 Å². The molecular formula is C10H20N2O2. The van der Waals surface area contributed by atoms with Crippen molar-refractivity contribution in [2.45, 2.75) is 44.8 Å². The van der Waals surface area contributed by atoms with E-state index in [0.717, 1.165) is 0 Å². The fraction of sp³-hybridized carbons (Fsp3) is 0.900. The summed E-state index contributed by atoms with van der Waals surface area (Å²) in [5.41, 5.74) is 0. The number of carbonyl (C=O) groups is 1. The zero-order valence-corrected chi connectivity index (χ0v) is 8.75. The van der Waals surface area contributed by atoms with Gasteiger partial charge in [-0.1, -0.05) is 12.8 Å². The van der Waals surface area contributed by atoms with Crippen molar-refractivity contribution < 1.29 is 9.90 Å². The van der Waals surface area contributed by atoms with E-state index in [4.69, 9.17) is 5.11 Å². The molecule has 0 heterocycles. The number of aliphatic hydroxyl groups is 1. The molecule has 1 aliphatic carbocycles. The van der Waals surface area contributed by atoms with E-state index in [9.17, 15) is 4.79 Å². The molecular weight excluding hydrogens is 180 g/mol. The smallest absolute Gasteiger partial charge is 0.234 e. The van der Waals surface area contributed by atoms with E-state index in [1.807, 2.05) is 0 Å². The van der Waals surface area contributed by atoms with Crippen molar-refractivity contribution in [2.24, 2.45) is 0 Å². The van der Waals surface area contributed by atoms with Gasteiger partial charge in [-0.3, -0.25) is 4.79 Å².